The molecular formula is C52H32N2S. The van der Waals surface area contributed by atoms with E-state index in [0.29, 0.717) is 0 Å². The fourth-order valence-corrected chi connectivity index (χ4v) is 10.3. The molecule has 0 N–H and O–H groups in total. The normalized spacial score (nSPS) is 12.0. The van der Waals surface area contributed by atoms with Crippen molar-refractivity contribution in [2.24, 2.45) is 0 Å². The second kappa shape index (κ2) is 11.8. The van der Waals surface area contributed by atoms with Gasteiger partial charge in [0.05, 0.1) is 32.5 Å². The lowest BCUT2D eigenvalue weighted by molar-refractivity contribution is 1.19. The Morgan fingerprint density at radius 3 is 1.80 bits per heavy atom. The van der Waals surface area contributed by atoms with E-state index >= 15 is 0 Å². The van der Waals surface area contributed by atoms with Crippen LogP contribution in [0.1, 0.15) is 0 Å². The van der Waals surface area contributed by atoms with Gasteiger partial charge in [0.25, 0.3) is 0 Å². The second-order valence-corrected chi connectivity index (χ2v) is 15.5. The molecule has 3 aromatic heterocycles. The monoisotopic (exact) mass is 716 g/mol. The lowest BCUT2D eigenvalue weighted by Crippen LogP contribution is -1.94. The third-order valence-corrected chi connectivity index (χ3v) is 12.7. The SMILES string of the molecule is c1ccc(-c2cc3ccccc3c3c2c2cc(-c4ccc5c(c4)c4ccccc4n5-c4cccc5c4sc4ccccc45)ccc2n3-c2ccccc2)cc1. The number of nitrogens with zero attached hydrogens (tertiary/aromatic N) is 2. The third kappa shape index (κ3) is 4.48. The molecular weight excluding hydrogens is 685 g/mol. The summed E-state index contributed by atoms with van der Waals surface area (Å²) in [5, 5.41) is 10.2. The smallest absolute Gasteiger partial charge is 0.0640 e. The average Bonchev–Trinajstić information content (AvgIpc) is 3.92. The highest BCUT2D eigenvalue weighted by Crippen LogP contribution is 2.45. The molecule has 0 bridgehead atoms. The molecule has 55 heavy (non-hydrogen) atoms. The highest BCUT2D eigenvalue weighted by molar-refractivity contribution is 7.26. The number of thiophene rings is 1. The van der Waals surface area contributed by atoms with Crippen LogP contribution in [0.25, 0.3) is 108 Å². The summed E-state index contributed by atoms with van der Waals surface area (Å²) in [6.45, 7) is 0. The standard InChI is InChI=1S/C52H32N2S/c1-3-14-33(15-4-1)42-32-36-16-7-8-19-38(36)51-50(42)44-31-35(27-29-47(44)53(51)37-17-5-2-6-18-37)34-26-28-46-43(30-34)39-20-9-11-23-45(39)54(46)48-24-13-22-41-40-21-10-12-25-49(40)55-52(41)48/h1-32H. The molecule has 0 aliphatic heterocycles. The second-order valence-electron chi connectivity index (χ2n) is 14.5. The van der Waals surface area contributed by atoms with Gasteiger partial charge in [-0.3, -0.25) is 0 Å². The molecule has 0 aliphatic carbocycles. The van der Waals surface area contributed by atoms with Gasteiger partial charge in [-0.05, 0) is 88.3 Å². The molecule has 256 valence electrons. The van der Waals surface area contributed by atoms with Gasteiger partial charge in [0.15, 0.2) is 0 Å². The van der Waals surface area contributed by atoms with Gasteiger partial charge in [0, 0.05) is 48.1 Å². The van der Waals surface area contributed by atoms with Crippen LogP contribution in [0.3, 0.4) is 0 Å². The van der Waals surface area contributed by atoms with Crippen LogP contribution in [0.4, 0.5) is 0 Å². The van der Waals surface area contributed by atoms with Crippen molar-refractivity contribution < 1.29 is 0 Å². The van der Waals surface area contributed by atoms with E-state index in [1.54, 1.807) is 0 Å². The molecule has 3 heterocycles. The Hall–Kier alpha value is -6.94. The summed E-state index contributed by atoms with van der Waals surface area (Å²) in [7, 11) is 0. The maximum absolute atomic E-state index is 2.47. The largest absolute Gasteiger partial charge is 0.309 e. The van der Waals surface area contributed by atoms with Crippen LogP contribution in [0.5, 0.6) is 0 Å². The Morgan fingerprint density at radius 1 is 0.364 bits per heavy atom. The first-order valence-electron chi connectivity index (χ1n) is 18.9. The fraction of sp³-hybridized carbons (Fsp3) is 0. The highest BCUT2D eigenvalue weighted by atomic mass is 32.1. The number of aromatic nitrogens is 2. The summed E-state index contributed by atoms with van der Waals surface area (Å²) in [4.78, 5) is 0. The van der Waals surface area contributed by atoms with Crippen molar-refractivity contribution in [1.82, 2.24) is 9.13 Å². The van der Waals surface area contributed by atoms with Gasteiger partial charge in [-0.1, -0.05) is 133 Å². The number of para-hydroxylation sites is 2. The van der Waals surface area contributed by atoms with Gasteiger partial charge in [0.1, 0.15) is 0 Å². The van der Waals surface area contributed by atoms with E-state index in [9.17, 15) is 0 Å². The molecule has 12 aromatic rings. The van der Waals surface area contributed by atoms with Crippen molar-refractivity contribution >= 4 is 85.9 Å². The minimum atomic E-state index is 1.16. The average molecular weight is 717 g/mol. The number of hydrogen-bond acceptors (Lipinski definition) is 1. The predicted octanol–water partition coefficient (Wildman–Crippen LogP) is 14.7. The van der Waals surface area contributed by atoms with Crippen LogP contribution in [0.2, 0.25) is 0 Å². The number of rotatable bonds is 4. The van der Waals surface area contributed by atoms with E-state index in [-0.39, 0.29) is 0 Å². The van der Waals surface area contributed by atoms with E-state index in [2.05, 4.69) is 203 Å². The number of benzene rings is 9. The van der Waals surface area contributed by atoms with Gasteiger partial charge in [-0.25, -0.2) is 0 Å². The zero-order chi connectivity index (χ0) is 36.0. The predicted molar refractivity (Wildman–Crippen MR) is 236 cm³/mol. The summed E-state index contributed by atoms with van der Waals surface area (Å²) < 4.78 is 7.58. The first-order valence-corrected chi connectivity index (χ1v) is 19.7. The lowest BCUT2D eigenvalue weighted by Gasteiger charge is -2.12. The van der Waals surface area contributed by atoms with E-state index in [1.165, 1.54) is 102 Å². The zero-order valence-corrected chi connectivity index (χ0v) is 30.6. The summed E-state index contributed by atoms with van der Waals surface area (Å²) in [6, 6.07) is 71.4. The molecule has 2 nitrogen and oxygen atoms in total. The third-order valence-electron chi connectivity index (χ3n) is 11.5. The minimum absolute atomic E-state index is 1.16. The van der Waals surface area contributed by atoms with Gasteiger partial charge in [-0.2, -0.15) is 0 Å². The highest BCUT2D eigenvalue weighted by Gasteiger charge is 2.21. The molecule has 0 aliphatic rings. The van der Waals surface area contributed by atoms with E-state index in [1.807, 2.05) is 11.3 Å². The van der Waals surface area contributed by atoms with Crippen LogP contribution in [-0.4, -0.2) is 9.13 Å². The molecule has 12 rings (SSSR count). The topological polar surface area (TPSA) is 9.86 Å². The van der Waals surface area contributed by atoms with E-state index < -0.39 is 0 Å². The Bertz CT molecular complexity index is 3470. The Morgan fingerprint density at radius 2 is 0.982 bits per heavy atom. The maximum atomic E-state index is 2.47. The molecule has 0 spiro atoms. The summed E-state index contributed by atoms with van der Waals surface area (Å²) in [5.41, 5.74) is 12.2. The molecule has 0 saturated heterocycles. The molecule has 0 amide bonds. The lowest BCUT2D eigenvalue weighted by atomic mass is 9.94. The van der Waals surface area contributed by atoms with Crippen LogP contribution in [0, 0.1) is 0 Å². The van der Waals surface area contributed by atoms with Crippen LogP contribution >= 0.6 is 11.3 Å². The quantitative estimate of drug-likeness (QED) is 0.172. The van der Waals surface area contributed by atoms with Crippen molar-refractivity contribution in [3.8, 4) is 33.6 Å². The van der Waals surface area contributed by atoms with Gasteiger partial charge in [0.2, 0.25) is 0 Å². The van der Waals surface area contributed by atoms with Crippen molar-refractivity contribution in [1.29, 1.82) is 0 Å². The Labute approximate surface area is 321 Å². The van der Waals surface area contributed by atoms with Crippen LogP contribution < -0.4 is 0 Å². The Kier molecular flexibility index (Phi) is 6.54. The summed E-state index contributed by atoms with van der Waals surface area (Å²) >= 11 is 1.88. The van der Waals surface area contributed by atoms with Crippen LogP contribution in [-0.2, 0) is 0 Å². The number of hydrogen-bond donors (Lipinski definition) is 0. The van der Waals surface area contributed by atoms with E-state index in [4.69, 9.17) is 0 Å². The fourth-order valence-electron chi connectivity index (χ4n) is 9.08. The van der Waals surface area contributed by atoms with Crippen molar-refractivity contribution in [2.75, 3.05) is 0 Å². The molecule has 3 heteroatoms. The van der Waals surface area contributed by atoms with Crippen molar-refractivity contribution in [3.63, 3.8) is 0 Å². The van der Waals surface area contributed by atoms with Crippen LogP contribution in [0.15, 0.2) is 194 Å². The number of fused-ring (bicyclic) bond motifs is 11. The molecule has 0 atom stereocenters. The molecule has 0 unspecified atom stereocenters. The first kappa shape index (κ1) is 30.5. The molecule has 0 saturated carbocycles. The molecule has 9 aromatic carbocycles. The minimum Gasteiger partial charge on any atom is -0.309 e. The van der Waals surface area contributed by atoms with Crippen molar-refractivity contribution in [2.45, 2.75) is 0 Å². The first-order chi connectivity index (χ1) is 27.3. The Balaban J connectivity index is 1.13. The van der Waals surface area contributed by atoms with Gasteiger partial charge in [-0.15, -0.1) is 11.3 Å². The van der Waals surface area contributed by atoms with E-state index in [0.717, 1.165) is 5.69 Å². The van der Waals surface area contributed by atoms with Gasteiger partial charge < -0.3 is 9.13 Å². The summed E-state index contributed by atoms with van der Waals surface area (Å²) in [6.07, 6.45) is 0. The van der Waals surface area contributed by atoms with Gasteiger partial charge >= 0.3 is 0 Å². The molecule has 0 fully saturated rings. The van der Waals surface area contributed by atoms with Crippen molar-refractivity contribution in [3.05, 3.63) is 194 Å². The maximum Gasteiger partial charge on any atom is 0.0640 e. The molecule has 0 radical (unpaired) electrons. The summed E-state index contributed by atoms with van der Waals surface area (Å²) in [5.74, 6) is 0. The zero-order valence-electron chi connectivity index (χ0n) is 29.8.